The van der Waals surface area contributed by atoms with E-state index in [1.54, 1.807) is 36.4 Å². The zero-order chi connectivity index (χ0) is 14.8. The molecule has 21 heavy (non-hydrogen) atoms. The number of cyclic esters (lactones) is 1. The second-order valence-corrected chi connectivity index (χ2v) is 5.15. The van der Waals surface area contributed by atoms with Crippen molar-refractivity contribution in [1.29, 1.82) is 0 Å². The Kier molecular flexibility index (Phi) is 3.66. The number of hydrogen-bond donors (Lipinski definition) is 1. The van der Waals surface area contributed by atoms with Crippen molar-refractivity contribution in [2.75, 3.05) is 23.4 Å². The van der Waals surface area contributed by atoms with E-state index >= 15 is 0 Å². The van der Waals surface area contributed by atoms with Crippen molar-refractivity contribution in [3.8, 4) is 0 Å². The summed E-state index contributed by atoms with van der Waals surface area (Å²) in [7, 11) is 0. The van der Waals surface area contributed by atoms with Crippen molar-refractivity contribution in [2.45, 2.75) is 0 Å². The van der Waals surface area contributed by atoms with Gasteiger partial charge in [-0.05, 0) is 52.3 Å². The molecule has 108 valence electrons. The van der Waals surface area contributed by atoms with Crippen LogP contribution in [0.2, 0.25) is 0 Å². The first kappa shape index (κ1) is 13.7. The van der Waals surface area contributed by atoms with E-state index in [1.807, 2.05) is 0 Å². The molecule has 0 unspecified atom stereocenters. The average molecular weight is 351 g/mol. The molecule has 1 aliphatic heterocycles. The lowest BCUT2D eigenvalue weighted by Crippen LogP contribution is -2.23. The first-order valence-corrected chi connectivity index (χ1v) is 7.04. The Bertz CT molecular complexity index is 681. The molecule has 2 amide bonds. The standard InChI is InChI=1S/C14H11BrN2O4/c15-12-6-5-11(21-12)13(18)16-9-1-3-10(4-2-9)17-7-8-20-14(17)19/h1-6H,7-8H2,(H,16,18). The zero-order valence-corrected chi connectivity index (χ0v) is 12.4. The Labute approximate surface area is 128 Å². The molecule has 7 heteroatoms. The van der Waals surface area contributed by atoms with Crippen LogP contribution >= 0.6 is 15.9 Å². The van der Waals surface area contributed by atoms with Gasteiger partial charge in [-0.3, -0.25) is 9.69 Å². The molecule has 1 fully saturated rings. The predicted octanol–water partition coefficient (Wildman–Crippen LogP) is 3.25. The molecule has 1 aromatic carbocycles. The number of ether oxygens (including phenoxy) is 1. The van der Waals surface area contributed by atoms with Gasteiger partial charge in [0.15, 0.2) is 10.4 Å². The van der Waals surface area contributed by atoms with Crippen LogP contribution in [0.3, 0.4) is 0 Å². The highest BCUT2D eigenvalue weighted by Gasteiger charge is 2.23. The molecule has 1 aromatic heterocycles. The van der Waals surface area contributed by atoms with Gasteiger partial charge in [0.05, 0.1) is 6.54 Å². The van der Waals surface area contributed by atoms with Crippen molar-refractivity contribution in [3.05, 3.63) is 46.8 Å². The lowest BCUT2D eigenvalue weighted by atomic mass is 10.2. The number of halogens is 1. The molecule has 2 heterocycles. The topological polar surface area (TPSA) is 71.8 Å². The Morgan fingerprint density at radius 3 is 2.52 bits per heavy atom. The van der Waals surface area contributed by atoms with Gasteiger partial charge in [-0.25, -0.2) is 4.79 Å². The molecule has 1 aliphatic rings. The highest BCUT2D eigenvalue weighted by molar-refractivity contribution is 9.10. The van der Waals surface area contributed by atoms with Crippen molar-refractivity contribution in [2.24, 2.45) is 0 Å². The van der Waals surface area contributed by atoms with Gasteiger partial charge in [-0.2, -0.15) is 0 Å². The Morgan fingerprint density at radius 1 is 1.19 bits per heavy atom. The molecule has 0 aliphatic carbocycles. The van der Waals surface area contributed by atoms with Gasteiger partial charge >= 0.3 is 6.09 Å². The fourth-order valence-corrected chi connectivity index (χ4v) is 2.29. The molecule has 6 nitrogen and oxygen atoms in total. The number of benzene rings is 1. The van der Waals surface area contributed by atoms with Crippen LogP contribution in [0, 0.1) is 0 Å². The first-order valence-electron chi connectivity index (χ1n) is 6.24. The van der Waals surface area contributed by atoms with Gasteiger partial charge in [0.2, 0.25) is 0 Å². The van der Waals surface area contributed by atoms with E-state index in [0.717, 1.165) is 5.69 Å². The van der Waals surface area contributed by atoms with Gasteiger partial charge in [0, 0.05) is 11.4 Å². The van der Waals surface area contributed by atoms with Crippen LogP contribution in [0.1, 0.15) is 10.6 Å². The maximum absolute atomic E-state index is 11.9. The summed E-state index contributed by atoms with van der Waals surface area (Å²) in [4.78, 5) is 24.9. The maximum atomic E-state index is 11.9. The van der Waals surface area contributed by atoms with E-state index in [1.165, 1.54) is 4.90 Å². The molecule has 1 saturated heterocycles. The number of carbonyl (C=O) groups is 2. The van der Waals surface area contributed by atoms with Crippen molar-refractivity contribution < 1.29 is 18.7 Å². The molecular formula is C14H11BrN2O4. The number of nitrogens with one attached hydrogen (secondary N) is 1. The summed E-state index contributed by atoms with van der Waals surface area (Å²) < 4.78 is 10.5. The zero-order valence-electron chi connectivity index (χ0n) is 10.8. The van der Waals surface area contributed by atoms with Crippen molar-refractivity contribution >= 4 is 39.3 Å². The third kappa shape index (κ3) is 2.92. The fourth-order valence-electron chi connectivity index (χ4n) is 1.98. The van der Waals surface area contributed by atoms with Gasteiger partial charge in [0.1, 0.15) is 6.61 Å². The van der Waals surface area contributed by atoms with Crippen LogP contribution in [0.5, 0.6) is 0 Å². The third-order valence-electron chi connectivity index (χ3n) is 2.99. The Hall–Kier alpha value is -2.28. The molecular weight excluding hydrogens is 340 g/mol. The van der Waals surface area contributed by atoms with Crippen LogP contribution < -0.4 is 10.2 Å². The molecule has 0 saturated carbocycles. The monoisotopic (exact) mass is 350 g/mol. The number of hydrogen-bond acceptors (Lipinski definition) is 4. The number of carbonyl (C=O) groups excluding carboxylic acids is 2. The lowest BCUT2D eigenvalue weighted by molar-refractivity contribution is 0.0995. The largest absolute Gasteiger partial charge is 0.447 e. The number of amides is 2. The molecule has 0 atom stereocenters. The van der Waals surface area contributed by atoms with E-state index in [9.17, 15) is 9.59 Å². The van der Waals surface area contributed by atoms with Crippen LogP contribution in [-0.4, -0.2) is 25.2 Å². The van der Waals surface area contributed by atoms with Crippen LogP contribution in [0.4, 0.5) is 16.2 Å². The summed E-state index contributed by atoms with van der Waals surface area (Å²) in [6.45, 7) is 0.926. The molecule has 0 spiro atoms. The minimum absolute atomic E-state index is 0.217. The highest BCUT2D eigenvalue weighted by atomic mass is 79.9. The minimum Gasteiger partial charge on any atom is -0.447 e. The van der Waals surface area contributed by atoms with Gasteiger partial charge in [-0.15, -0.1) is 0 Å². The molecule has 1 N–H and O–H groups in total. The van der Waals surface area contributed by atoms with Gasteiger partial charge in [0.25, 0.3) is 5.91 Å². The summed E-state index contributed by atoms with van der Waals surface area (Å²) in [5.41, 5.74) is 1.35. The van der Waals surface area contributed by atoms with E-state index in [4.69, 9.17) is 9.15 Å². The van der Waals surface area contributed by atoms with Crippen LogP contribution in [0.25, 0.3) is 0 Å². The van der Waals surface area contributed by atoms with E-state index in [-0.39, 0.29) is 17.8 Å². The Morgan fingerprint density at radius 2 is 1.95 bits per heavy atom. The highest BCUT2D eigenvalue weighted by Crippen LogP contribution is 2.22. The molecule has 0 bridgehead atoms. The SMILES string of the molecule is O=C(Nc1ccc(N2CCOC2=O)cc1)c1ccc(Br)o1. The number of anilines is 2. The first-order chi connectivity index (χ1) is 10.1. The second-order valence-electron chi connectivity index (χ2n) is 4.37. The summed E-state index contributed by atoms with van der Waals surface area (Å²) in [5, 5.41) is 2.71. The predicted molar refractivity (Wildman–Crippen MR) is 79.5 cm³/mol. The minimum atomic E-state index is -0.354. The Balaban J connectivity index is 1.69. The van der Waals surface area contributed by atoms with Crippen LogP contribution in [0.15, 0.2) is 45.5 Å². The molecule has 0 radical (unpaired) electrons. The summed E-state index contributed by atoms with van der Waals surface area (Å²) in [5.74, 6) is -0.122. The molecule has 3 rings (SSSR count). The number of rotatable bonds is 3. The summed E-state index contributed by atoms with van der Waals surface area (Å²) in [6.07, 6.45) is -0.354. The average Bonchev–Trinajstić information content (AvgIpc) is 3.08. The van der Waals surface area contributed by atoms with E-state index < -0.39 is 0 Å². The quantitative estimate of drug-likeness (QED) is 0.922. The summed E-state index contributed by atoms with van der Waals surface area (Å²) in [6, 6.07) is 10.2. The smallest absolute Gasteiger partial charge is 0.414 e. The lowest BCUT2D eigenvalue weighted by Gasteiger charge is -2.13. The summed E-state index contributed by atoms with van der Waals surface area (Å²) >= 11 is 3.14. The molecule has 2 aromatic rings. The third-order valence-corrected chi connectivity index (χ3v) is 3.42. The van der Waals surface area contributed by atoms with Crippen molar-refractivity contribution in [1.82, 2.24) is 0 Å². The maximum Gasteiger partial charge on any atom is 0.414 e. The normalized spacial score (nSPS) is 14.1. The van der Waals surface area contributed by atoms with Gasteiger partial charge < -0.3 is 14.5 Å². The fraction of sp³-hybridized carbons (Fsp3) is 0.143. The second kappa shape index (κ2) is 5.61. The van der Waals surface area contributed by atoms with E-state index in [2.05, 4.69) is 21.2 Å². The van der Waals surface area contributed by atoms with Gasteiger partial charge in [-0.1, -0.05) is 0 Å². The van der Waals surface area contributed by atoms with Crippen molar-refractivity contribution in [3.63, 3.8) is 0 Å². The number of nitrogens with zero attached hydrogens (tertiary/aromatic N) is 1. The van der Waals surface area contributed by atoms with E-state index in [0.29, 0.717) is 23.5 Å². The van der Waals surface area contributed by atoms with Crippen LogP contribution in [-0.2, 0) is 4.74 Å². The number of furan rings is 1.